The molecule has 1 aliphatic heterocycles. The lowest BCUT2D eigenvalue weighted by Crippen LogP contribution is -2.13. The van der Waals surface area contributed by atoms with E-state index < -0.39 is 21.7 Å². The molecule has 27 heavy (non-hydrogen) atoms. The Morgan fingerprint density at radius 1 is 1.07 bits per heavy atom. The first kappa shape index (κ1) is 16.9. The van der Waals surface area contributed by atoms with Crippen LogP contribution in [0.2, 0.25) is 0 Å². The highest BCUT2D eigenvalue weighted by molar-refractivity contribution is 7.93. The third kappa shape index (κ3) is 2.64. The number of carbonyl (C=O) groups excluding carboxylic acids is 1. The van der Waals surface area contributed by atoms with E-state index in [4.69, 9.17) is 5.11 Å². The van der Waals surface area contributed by atoms with Crippen molar-refractivity contribution in [2.75, 3.05) is 10.0 Å². The molecule has 4 rings (SSSR count). The van der Waals surface area contributed by atoms with Crippen molar-refractivity contribution in [3.05, 3.63) is 59.7 Å². The van der Waals surface area contributed by atoms with Crippen LogP contribution < -0.4 is 10.0 Å². The van der Waals surface area contributed by atoms with Gasteiger partial charge in [-0.25, -0.2) is 13.2 Å². The Kier molecular flexibility index (Phi) is 3.57. The summed E-state index contributed by atoms with van der Waals surface area (Å²) >= 11 is 0. The van der Waals surface area contributed by atoms with E-state index in [2.05, 4.69) is 10.0 Å². The standard InChI is InChI=1S/C18H12N2O6S/c21-14-8-9(4-5-10(14)18(23)24)20-27(25,26)15-7-6-13-16-11(15)2-1-3-12(16)17(22)19-13/h1-8,20-21H,(H,19,22)(H,23,24). The van der Waals surface area contributed by atoms with E-state index in [0.29, 0.717) is 22.0 Å². The third-order valence-electron chi connectivity index (χ3n) is 4.26. The van der Waals surface area contributed by atoms with Crippen molar-refractivity contribution in [2.45, 2.75) is 4.90 Å². The Hall–Kier alpha value is -3.59. The quantitative estimate of drug-likeness (QED) is 0.546. The number of carboxylic acids is 1. The van der Waals surface area contributed by atoms with E-state index in [0.717, 1.165) is 12.1 Å². The molecule has 0 saturated heterocycles. The molecule has 0 aromatic heterocycles. The van der Waals surface area contributed by atoms with Crippen LogP contribution in [-0.2, 0) is 10.0 Å². The fourth-order valence-electron chi connectivity index (χ4n) is 3.08. The fraction of sp³-hybridized carbons (Fsp3) is 0. The number of hydrogen-bond acceptors (Lipinski definition) is 5. The molecule has 0 fully saturated rings. The summed E-state index contributed by atoms with van der Waals surface area (Å²) < 4.78 is 28.0. The number of hydrogen-bond donors (Lipinski definition) is 4. The van der Waals surface area contributed by atoms with Crippen molar-refractivity contribution >= 4 is 44.0 Å². The van der Waals surface area contributed by atoms with Crippen LogP contribution in [0.4, 0.5) is 11.4 Å². The SMILES string of the molecule is O=C(O)c1ccc(NS(=O)(=O)c2ccc3c4c(cccc24)C(=O)N3)cc1O. The number of amides is 1. The van der Waals surface area contributed by atoms with Crippen molar-refractivity contribution in [1.29, 1.82) is 0 Å². The number of carbonyl (C=O) groups is 2. The maximum atomic E-state index is 12.9. The predicted octanol–water partition coefficient (Wildman–Crippen LogP) is 2.61. The molecule has 8 nitrogen and oxygen atoms in total. The van der Waals surface area contributed by atoms with Crippen LogP contribution in [0.25, 0.3) is 10.8 Å². The Labute approximate surface area is 153 Å². The van der Waals surface area contributed by atoms with E-state index in [1.165, 1.54) is 18.2 Å². The Morgan fingerprint density at radius 3 is 2.56 bits per heavy atom. The highest BCUT2D eigenvalue weighted by Crippen LogP contribution is 2.37. The van der Waals surface area contributed by atoms with Gasteiger partial charge in [-0.15, -0.1) is 0 Å². The van der Waals surface area contributed by atoms with E-state index in [1.54, 1.807) is 18.2 Å². The molecular formula is C18H12N2O6S. The average molecular weight is 384 g/mol. The fourth-order valence-corrected chi connectivity index (χ4v) is 4.34. The molecule has 0 atom stereocenters. The molecule has 3 aromatic rings. The molecule has 1 aliphatic rings. The maximum absolute atomic E-state index is 12.9. The van der Waals surface area contributed by atoms with Gasteiger partial charge in [-0.2, -0.15) is 0 Å². The first-order valence-electron chi connectivity index (χ1n) is 7.74. The van der Waals surface area contributed by atoms with Gasteiger partial charge in [0.1, 0.15) is 11.3 Å². The molecule has 0 bridgehead atoms. The normalized spacial score (nSPS) is 12.8. The lowest BCUT2D eigenvalue weighted by Gasteiger charge is -2.12. The number of phenols is 1. The zero-order valence-corrected chi connectivity index (χ0v) is 14.4. The summed E-state index contributed by atoms with van der Waals surface area (Å²) in [5, 5.41) is 22.3. The van der Waals surface area contributed by atoms with Gasteiger partial charge in [0.15, 0.2) is 0 Å². The largest absolute Gasteiger partial charge is 0.507 e. The Balaban J connectivity index is 1.80. The minimum atomic E-state index is -4.06. The number of aromatic carboxylic acids is 1. The van der Waals surface area contributed by atoms with Crippen molar-refractivity contribution in [2.24, 2.45) is 0 Å². The van der Waals surface area contributed by atoms with Crippen molar-refractivity contribution in [1.82, 2.24) is 0 Å². The van der Waals surface area contributed by atoms with Gasteiger partial charge >= 0.3 is 5.97 Å². The zero-order chi connectivity index (χ0) is 19.3. The zero-order valence-electron chi connectivity index (χ0n) is 13.6. The second kappa shape index (κ2) is 5.71. The summed E-state index contributed by atoms with van der Waals surface area (Å²) in [6.45, 7) is 0. The van der Waals surface area contributed by atoms with Crippen LogP contribution in [0, 0.1) is 0 Å². The van der Waals surface area contributed by atoms with Crippen LogP contribution in [0.3, 0.4) is 0 Å². The van der Waals surface area contributed by atoms with Crippen molar-refractivity contribution in [3.63, 3.8) is 0 Å². The van der Waals surface area contributed by atoms with Crippen LogP contribution in [0.5, 0.6) is 5.75 Å². The van der Waals surface area contributed by atoms with Gasteiger partial charge < -0.3 is 15.5 Å². The minimum absolute atomic E-state index is 0.00922. The van der Waals surface area contributed by atoms with E-state index in [-0.39, 0.29) is 22.1 Å². The van der Waals surface area contributed by atoms with Gasteiger partial charge in [0.2, 0.25) is 0 Å². The first-order valence-corrected chi connectivity index (χ1v) is 9.22. The summed E-state index contributed by atoms with van der Waals surface area (Å²) in [6, 6.07) is 11.1. The second-order valence-electron chi connectivity index (χ2n) is 5.94. The maximum Gasteiger partial charge on any atom is 0.339 e. The van der Waals surface area contributed by atoms with Gasteiger partial charge in [-0.05, 0) is 30.3 Å². The van der Waals surface area contributed by atoms with E-state index in [1.807, 2.05) is 0 Å². The molecule has 0 unspecified atom stereocenters. The summed E-state index contributed by atoms with van der Waals surface area (Å²) in [7, 11) is -4.06. The summed E-state index contributed by atoms with van der Waals surface area (Å²) in [6.07, 6.45) is 0. The monoisotopic (exact) mass is 384 g/mol. The molecule has 9 heteroatoms. The average Bonchev–Trinajstić information content (AvgIpc) is 2.92. The lowest BCUT2D eigenvalue weighted by molar-refractivity contribution is 0.0693. The minimum Gasteiger partial charge on any atom is -0.507 e. The molecule has 0 spiro atoms. The Morgan fingerprint density at radius 2 is 1.85 bits per heavy atom. The molecule has 1 heterocycles. The van der Waals surface area contributed by atoms with Crippen molar-refractivity contribution < 1.29 is 28.2 Å². The molecule has 1 amide bonds. The molecule has 4 N–H and O–H groups in total. The number of rotatable bonds is 4. The number of aromatic hydroxyl groups is 1. The van der Waals surface area contributed by atoms with Gasteiger partial charge in [0.25, 0.3) is 15.9 Å². The smallest absolute Gasteiger partial charge is 0.339 e. The molecule has 0 saturated carbocycles. The molecule has 0 aliphatic carbocycles. The molecule has 3 aromatic carbocycles. The van der Waals surface area contributed by atoms with E-state index >= 15 is 0 Å². The summed E-state index contributed by atoms with van der Waals surface area (Å²) in [5.41, 5.74) is 0.596. The number of nitrogens with one attached hydrogen (secondary N) is 2. The number of sulfonamides is 1. The first-order chi connectivity index (χ1) is 12.8. The van der Waals surface area contributed by atoms with Gasteiger partial charge in [-0.3, -0.25) is 9.52 Å². The molecule has 136 valence electrons. The van der Waals surface area contributed by atoms with Crippen molar-refractivity contribution in [3.8, 4) is 5.75 Å². The molecular weight excluding hydrogens is 372 g/mol. The number of benzene rings is 3. The topological polar surface area (TPSA) is 133 Å². The van der Waals surface area contributed by atoms with Crippen LogP contribution in [0.15, 0.2) is 53.4 Å². The van der Waals surface area contributed by atoms with E-state index in [9.17, 15) is 23.1 Å². The highest BCUT2D eigenvalue weighted by Gasteiger charge is 2.26. The number of anilines is 2. The van der Waals surface area contributed by atoms with Gasteiger partial charge in [-0.1, -0.05) is 12.1 Å². The van der Waals surface area contributed by atoms with Gasteiger partial charge in [0.05, 0.1) is 10.6 Å². The summed E-state index contributed by atoms with van der Waals surface area (Å²) in [4.78, 5) is 22.9. The van der Waals surface area contributed by atoms with Gasteiger partial charge in [0, 0.05) is 28.1 Å². The summed E-state index contributed by atoms with van der Waals surface area (Å²) in [5.74, 6) is -2.18. The highest BCUT2D eigenvalue weighted by atomic mass is 32.2. The lowest BCUT2D eigenvalue weighted by atomic mass is 10.1. The number of carboxylic acid groups (broad SMARTS) is 1. The third-order valence-corrected chi connectivity index (χ3v) is 5.70. The second-order valence-corrected chi connectivity index (χ2v) is 7.59. The van der Waals surface area contributed by atoms with Crippen LogP contribution >= 0.6 is 0 Å². The Bertz CT molecular complexity index is 1250. The molecule has 0 radical (unpaired) electrons. The van der Waals surface area contributed by atoms with Crippen LogP contribution in [0.1, 0.15) is 20.7 Å². The van der Waals surface area contributed by atoms with Crippen LogP contribution in [-0.4, -0.2) is 30.5 Å². The predicted molar refractivity (Wildman–Crippen MR) is 97.8 cm³/mol.